The van der Waals surface area contributed by atoms with Gasteiger partial charge in [0, 0.05) is 19.5 Å². The van der Waals surface area contributed by atoms with Gasteiger partial charge in [-0.25, -0.2) is 17.2 Å². The number of benzene rings is 4. The van der Waals surface area contributed by atoms with Crippen molar-refractivity contribution in [3.8, 4) is 0 Å². The molecule has 4 aromatic carbocycles. The SMILES string of the molecule is CCCCNC(=O)[C@H](Cc1ccccc1)N(Cc1ccc(F)cc1)C(=O)CN(c1ccccc1F)S(=O)(=O)c1ccccc1. The second-order valence-electron chi connectivity index (χ2n) is 10.3. The van der Waals surface area contributed by atoms with Gasteiger partial charge in [0.15, 0.2) is 0 Å². The van der Waals surface area contributed by atoms with Gasteiger partial charge in [-0.05, 0) is 53.9 Å². The van der Waals surface area contributed by atoms with E-state index in [1.807, 2.05) is 37.3 Å². The number of nitrogens with zero attached hydrogens (tertiary/aromatic N) is 2. The molecule has 7 nitrogen and oxygen atoms in total. The molecular weight excluding hydrogens is 584 g/mol. The fourth-order valence-electron chi connectivity index (χ4n) is 4.73. The largest absolute Gasteiger partial charge is 0.354 e. The molecule has 0 aliphatic heterocycles. The molecule has 0 radical (unpaired) electrons. The molecule has 4 aromatic rings. The maximum Gasteiger partial charge on any atom is 0.264 e. The minimum absolute atomic E-state index is 0.117. The second-order valence-corrected chi connectivity index (χ2v) is 12.1. The molecule has 0 spiro atoms. The predicted molar refractivity (Wildman–Crippen MR) is 166 cm³/mol. The number of hydrogen-bond acceptors (Lipinski definition) is 4. The number of carbonyl (C=O) groups excluding carboxylic acids is 2. The summed E-state index contributed by atoms with van der Waals surface area (Å²) in [5, 5.41) is 2.90. The number of para-hydroxylation sites is 1. The van der Waals surface area contributed by atoms with Crippen molar-refractivity contribution in [2.24, 2.45) is 0 Å². The van der Waals surface area contributed by atoms with Crippen LogP contribution in [0.25, 0.3) is 0 Å². The molecule has 1 N–H and O–H groups in total. The summed E-state index contributed by atoms with van der Waals surface area (Å²) in [6, 6.07) is 26.3. The molecule has 4 rings (SSSR count). The van der Waals surface area contributed by atoms with Gasteiger partial charge in [0.1, 0.15) is 24.2 Å². The van der Waals surface area contributed by atoms with E-state index >= 15 is 4.39 Å². The van der Waals surface area contributed by atoms with Gasteiger partial charge in [0.25, 0.3) is 10.0 Å². The average Bonchev–Trinajstić information content (AvgIpc) is 3.03. The Morgan fingerprint density at radius 2 is 1.41 bits per heavy atom. The molecule has 230 valence electrons. The van der Waals surface area contributed by atoms with E-state index in [4.69, 9.17) is 0 Å². The van der Waals surface area contributed by atoms with Crippen molar-refractivity contribution < 1.29 is 26.8 Å². The highest BCUT2D eigenvalue weighted by molar-refractivity contribution is 7.92. The van der Waals surface area contributed by atoms with Crippen LogP contribution in [0, 0.1) is 11.6 Å². The zero-order valence-electron chi connectivity index (χ0n) is 24.4. The van der Waals surface area contributed by atoms with Crippen molar-refractivity contribution in [1.29, 1.82) is 0 Å². The average molecular weight is 620 g/mol. The fraction of sp³-hybridized carbons (Fsp3) is 0.235. The van der Waals surface area contributed by atoms with Crippen LogP contribution in [0.2, 0.25) is 0 Å². The van der Waals surface area contributed by atoms with Crippen molar-refractivity contribution in [1.82, 2.24) is 10.2 Å². The van der Waals surface area contributed by atoms with Crippen molar-refractivity contribution in [3.63, 3.8) is 0 Å². The Hall–Kier alpha value is -4.57. The Morgan fingerprint density at radius 3 is 2.05 bits per heavy atom. The summed E-state index contributed by atoms with van der Waals surface area (Å²) in [7, 11) is -4.41. The number of unbranched alkanes of at least 4 members (excludes halogenated alkanes) is 1. The van der Waals surface area contributed by atoms with Gasteiger partial charge >= 0.3 is 0 Å². The summed E-state index contributed by atoms with van der Waals surface area (Å²) in [6.07, 6.45) is 1.71. The molecule has 1 atom stereocenters. The number of nitrogens with one attached hydrogen (secondary N) is 1. The molecular formula is C34H35F2N3O4S. The quantitative estimate of drug-likeness (QED) is 0.183. The smallest absolute Gasteiger partial charge is 0.264 e. The van der Waals surface area contributed by atoms with Crippen molar-refractivity contribution in [2.45, 2.75) is 43.7 Å². The van der Waals surface area contributed by atoms with E-state index in [2.05, 4.69) is 5.32 Å². The summed E-state index contributed by atoms with van der Waals surface area (Å²) in [5.41, 5.74) is 1.00. The summed E-state index contributed by atoms with van der Waals surface area (Å²) in [5.74, 6) is -2.45. The van der Waals surface area contributed by atoms with E-state index in [1.54, 1.807) is 6.07 Å². The fourth-order valence-corrected chi connectivity index (χ4v) is 6.18. The van der Waals surface area contributed by atoms with E-state index < -0.39 is 46.1 Å². The number of carbonyl (C=O) groups is 2. The van der Waals surface area contributed by atoms with Crippen LogP contribution in [0.15, 0.2) is 114 Å². The Labute approximate surface area is 257 Å². The van der Waals surface area contributed by atoms with Gasteiger partial charge in [-0.15, -0.1) is 0 Å². The molecule has 0 aliphatic rings. The molecule has 0 aromatic heterocycles. The number of anilines is 1. The predicted octanol–water partition coefficient (Wildman–Crippen LogP) is 5.72. The third-order valence-electron chi connectivity index (χ3n) is 7.10. The summed E-state index contributed by atoms with van der Waals surface area (Å²) >= 11 is 0. The lowest BCUT2D eigenvalue weighted by Gasteiger charge is -2.34. The summed E-state index contributed by atoms with van der Waals surface area (Å²) in [4.78, 5) is 29.1. The first kappa shape index (κ1) is 32.3. The van der Waals surface area contributed by atoms with Crippen LogP contribution in [-0.2, 0) is 32.6 Å². The highest BCUT2D eigenvalue weighted by atomic mass is 32.2. The minimum Gasteiger partial charge on any atom is -0.354 e. The zero-order valence-corrected chi connectivity index (χ0v) is 25.2. The molecule has 0 heterocycles. The summed E-state index contributed by atoms with van der Waals surface area (Å²) in [6.45, 7) is 1.48. The topological polar surface area (TPSA) is 86.8 Å². The minimum atomic E-state index is -4.41. The first-order chi connectivity index (χ1) is 21.2. The normalized spacial score (nSPS) is 11.9. The van der Waals surface area contributed by atoms with Crippen molar-refractivity contribution in [3.05, 3.63) is 132 Å². The summed E-state index contributed by atoms with van der Waals surface area (Å²) < 4.78 is 57.4. The van der Waals surface area contributed by atoms with E-state index in [0.717, 1.165) is 28.8 Å². The molecule has 0 saturated carbocycles. The molecule has 0 bridgehead atoms. The van der Waals surface area contributed by atoms with Crippen LogP contribution in [0.1, 0.15) is 30.9 Å². The van der Waals surface area contributed by atoms with E-state index in [0.29, 0.717) is 12.1 Å². The van der Waals surface area contributed by atoms with Crippen LogP contribution < -0.4 is 9.62 Å². The van der Waals surface area contributed by atoms with Gasteiger partial charge in [-0.1, -0.05) is 86.1 Å². The number of amides is 2. The van der Waals surface area contributed by atoms with Crippen LogP contribution in [0.5, 0.6) is 0 Å². The Kier molecular flexibility index (Phi) is 11.2. The third-order valence-corrected chi connectivity index (χ3v) is 8.87. The standard InChI is InChI=1S/C34H35F2N3O4S/c1-2-3-22-37-34(41)32(23-26-12-6-4-7-13-26)38(24-27-18-20-28(35)21-19-27)33(40)25-39(31-17-11-10-16-30(31)36)44(42,43)29-14-8-5-9-15-29/h4-21,32H,2-3,22-25H2,1H3,(H,37,41)/t32-/m0/s1. The van der Waals surface area contributed by atoms with Gasteiger partial charge in [-0.3, -0.25) is 13.9 Å². The Balaban J connectivity index is 1.78. The Morgan fingerprint density at radius 1 is 0.795 bits per heavy atom. The second kappa shape index (κ2) is 15.2. The van der Waals surface area contributed by atoms with E-state index in [9.17, 15) is 22.4 Å². The van der Waals surface area contributed by atoms with Crippen LogP contribution in [0.4, 0.5) is 14.5 Å². The highest BCUT2D eigenvalue weighted by Gasteiger charge is 2.35. The molecule has 0 fully saturated rings. The molecule has 0 aliphatic carbocycles. The van der Waals surface area contributed by atoms with Crippen molar-refractivity contribution in [2.75, 3.05) is 17.4 Å². The zero-order chi connectivity index (χ0) is 31.5. The first-order valence-corrected chi connectivity index (χ1v) is 15.8. The lowest BCUT2D eigenvalue weighted by molar-refractivity contribution is -0.140. The van der Waals surface area contributed by atoms with Gasteiger partial charge < -0.3 is 10.2 Å². The number of sulfonamides is 1. The van der Waals surface area contributed by atoms with E-state index in [1.165, 1.54) is 71.6 Å². The van der Waals surface area contributed by atoms with Crippen LogP contribution >= 0.6 is 0 Å². The molecule has 2 amide bonds. The maximum absolute atomic E-state index is 15.1. The first-order valence-electron chi connectivity index (χ1n) is 14.4. The lowest BCUT2D eigenvalue weighted by Crippen LogP contribution is -2.53. The highest BCUT2D eigenvalue weighted by Crippen LogP contribution is 2.27. The Bertz CT molecular complexity index is 1640. The van der Waals surface area contributed by atoms with Gasteiger partial charge in [0.05, 0.1) is 10.6 Å². The molecule has 0 saturated heterocycles. The number of rotatable bonds is 14. The van der Waals surface area contributed by atoms with Crippen molar-refractivity contribution >= 4 is 27.5 Å². The van der Waals surface area contributed by atoms with Gasteiger partial charge in [0.2, 0.25) is 11.8 Å². The molecule has 10 heteroatoms. The van der Waals surface area contributed by atoms with Gasteiger partial charge in [-0.2, -0.15) is 0 Å². The maximum atomic E-state index is 15.1. The molecule has 44 heavy (non-hydrogen) atoms. The van der Waals surface area contributed by atoms with Crippen LogP contribution in [0.3, 0.4) is 0 Å². The van der Waals surface area contributed by atoms with Crippen LogP contribution in [-0.4, -0.2) is 44.3 Å². The van der Waals surface area contributed by atoms with E-state index in [-0.39, 0.29) is 23.5 Å². The third kappa shape index (κ3) is 8.29. The lowest BCUT2D eigenvalue weighted by atomic mass is 10.0. The molecule has 0 unspecified atom stereocenters. The monoisotopic (exact) mass is 619 g/mol. The number of hydrogen-bond donors (Lipinski definition) is 1. The number of halogens is 2.